The zero-order chi connectivity index (χ0) is 16.6. The average Bonchev–Trinajstić information content (AvgIpc) is 2.71. The summed E-state index contributed by atoms with van der Waals surface area (Å²) < 4.78 is 0. The predicted molar refractivity (Wildman–Crippen MR) is 88.0 cm³/mol. The first kappa shape index (κ1) is 15.2. The Kier molecular flexibility index (Phi) is 3.82. The monoisotopic (exact) mass is 307 g/mol. The fourth-order valence-corrected chi connectivity index (χ4v) is 2.97. The summed E-state index contributed by atoms with van der Waals surface area (Å²) in [4.78, 5) is 37.8. The van der Waals surface area contributed by atoms with Crippen LogP contribution >= 0.6 is 0 Å². The molecular weight excluding hydrogens is 290 g/mol. The normalized spacial score (nSPS) is 20.5. The molecular formula is C19H17NO3. The molecule has 1 aromatic carbocycles. The molecule has 0 aromatic heterocycles. The van der Waals surface area contributed by atoms with Crippen molar-refractivity contribution < 1.29 is 14.4 Å². The topological polar surface area (TPSA) is 77.2 Å². The van der Waals surface area contributed by atoms with Gasteiger partial charge in [-0.15, -0.1) is 0 Å². The third-order valence-corrected chi connectivity index (χ3v) is 4.21. The summed E-state index contributed by atoms with van der Waals surface area (Å²) in [5.41, 5.74) is 8.61. The standard InChI is InChI=1S/C19H17NO3/c1-11-4-2-5-12(9-8-11)18(22)17-15(21)10-13-6-3-7-14(20)16(13)19(17)23/h2-3,5-9,17H,4,10,20H2,1H3. The Bertz CT molecular complexity index is 812. The van der Waals surface area contributed by atoms with Crippen LogP contribution in [0.4, 0.5) is 5.69 Å². The van der Waals surface area contributed by atoms with Gasteiger partial charge < -0.3 is 5.73 Å². The molecule has 0 spiro atoms. The second kappa shape index (κ2) is 5.80. The third-order valence-electron chi connectivity index (χ3n) is 4.21. The number of carbonyl (C=O) groups is 3. The van der Waals surface area contributed by atoms with E-state index in [0.29, 0.717) is 22.4 Å². The molecule has 0 radical (unpaired) electrons. The van der Waals surface area contributed by atoms with E-state index in [4.69, 9.17) is 5.73 Å². The summed E-state index contributed by atoms with van der Waals surface area (Å²) in [5, 5.41) is 0. The molecule has 1 aromatic rings. The maximum Gasteiger partial charge on any atom is 0.183 e. The molecule has 23 heavy (non-hydrogen) atoms. The summed E-state index contributed by atoms with van der Waals surface area (Å²) in [6.45, 7) is 1.96. The fraction of sp³-hybridized carbons (Fsp3) is 0.211. The SMILES string of the molecule is CC1=CC=C(C(=O)C2C(=O)Cc3cccc(N)c3C2=O)C=CC1. The second-order valence-corrected chi connectivity index (χ2v) is 5.93. The number of Topliss-reactive ketones (excluding diaryl/α,β-unsaturated/α-hetero) is 3. The van der Waals surface area contributed by atoms with E-state index in [1.54, 1.807) is 30.4 Å². The van der Waals surface area contributed by atoms with Crippen LogP contribution in [0.5, 0.6) is 0 Å². The molecule has 0 aliphatic heterocycles. The first-order valence-electron chi connectivity index (χ1n) is 7.51. The van der Waals surface area contributed by atoms with Gasteiger partial charge in [0.05, 0.1) is 0 Å². The van der Waals surface area contributed by atoms with Gasteiger partial charge in [-0.2, -0.15) is 0 Å². The van der Waals surface area contributed by atoms with Crippen LogP contribution in [0.3, 0.4) is 0 Å². The molecule has 0 heterocycles. The molecule has 116 valence electrons. The first-order valence-corrected chi connectivity index (χ1v) is 7.51. The molecule has 1 unspecified atom stereocenters. The molecule has 3 rings (SSSR count). The molecule has 1 atom stereocenters. The lowest BCUT2D eigenvalue weighted by atomic mass is 9.77. The smallest absolute Gasteiger partial charge is 0.183 e. The third kappa shape index (κ3) is 2.68. The van der Waals surface area contributed by atoms with Crippen molar-refractivity contribution in [3.63, 3.8) is 0 Å². The molecule has 2 aliphatic carbocycles. The maximum atomic E-state index is 12.7. The number of hydrogen-bond acceptors (Lipinski definition) is 4. The van der Waals surface area contributed by atoms with Crippen molar-refractivity contribution in [2.24, 2.45) is 5.92 Å². The number of benzene rings is 1. The van der Waals surface area contributed by atoms with Gasteiger partial charge in [-0.3, -0.25) is 14.4 Å². The average molecular weight is 307 g/mol. The van der Waals surface area contributed by atoms with Crippen LogP contribution < -0.4 is 5.73 Å². The quantitative estimate of drug-likeness (QED) is 0.673. The van der Waals surface area contributed by atoms with Crippen LogP contribution in [-0.4, -0.2) is 17.3 Å². The minimum atomic E-state index is -1.28. The molecule has 0 saturated carbocycles. The number of fused-ring (bicyclic) bond motifs is 1. The molecule has 4 nitrogen and oxygen atoms in total. The molecule has 0 bridgehead atoms. The van der Waals surface area contributed by atoms with Crippen molar-refractivity contribution >= 4 is 23.0 Å². The zero-order valence-electron chi connectivity index (χ0n) is 12.8. The second-order valence-electron chi connectivity index (χ2n) is 5.93. The van der Waals surface area contributed by atoms with Gasteiger partial charge in [0.1, 0.15) is 5.92 Å². The Morgan fingerprint density at radius 3 is 2.78 bits per heavy atom. The number of nitrogens with two attached hydrogens (primary N) is 1. The summed E-state index contributed by atoms with van der Waals surface area (Å²) in [5.74, 6) is -2.58. The number of anilines is 1. The highest BCUT2D eigenvalue weighted by molar-refractivity contribution is 6.31. The van der Waals surface area contributed by atoms with Gasteiger partial charge in [-0.25, -0.2) is 0 Å². The summed E-state index contributed by atoms with van der Waals surface area (Å²) in [6.07, 6.45) is 7.87. The van der Waals surface area contributed by atoms with E-state index in [-0.39, 0.29) is 12.2 Å². The van der Waals surface area contributed by atoms with E-state index in [9.17, 15) is 14.4 Å². The zero-order valence-corrected chi connectivity index (χ0v) is 12.8. The van der Waals surface area contributed by atoms with Crippen molar-refractivity contribution in [2.75, 3.05) is 5.73 Å². The van der Waals surface area contributed by atoms with E-state index in [2.05, 4.69) is 0 Å². The highest BCUT2D eigenvalue weighted by atomic mass is 16.2. The first-order chi connectivity index (χ1) is 11.0. The minimum absolute atomic E-state index is 0.0639. The number of rotatable bonds is 2. The van der Waals surface area contributed by atoms with Gasteiger partial charge in [-0.05, 0) is 25.0 Å². The van der Waals surface area contributed by atoms with E-state index in [1.165, 1.54) is 0 Å². The van der Waals surface area contributed by atoms with Crippen molar-refractivity contribution in [1.82, 2.24) is 0 Å². The highest BCUT2D eigenvalue weighted by Gasteiger charge is 2.40. The fourth-order valence-electron chi connectivity index (χ4n) is 2.97. The van der Waals surface area contributed by atoms with Gasteiger partial charge in [0.15, 0.2) is 17.3 Å². The van der Waals surface area contributed by atoms with Gasteiger partial charge in [0, 0.05) is 23.2 Å². The molecule has 4 heteroatoms. The molecule has 0 amide bonds. The van der Waals surface area contributed by atoms with Crippen LogP contribution in [0.15, 0.2) is 53.6 Å². The number of hydrogen-bond donors (Lipinski definition) is 1. The largest absolute Gasteiger partial charge is 0.398 e. The van der Waals surface area contributed by atoms with Gasteiger partial charge >= 0.3 is 0 Å². The maximum absolute atomic E-state index is 12.7. The number of nitrogen functional groups attached to an aromatic ring is 1. The predicted octanol–water partition coefficient (Wildman–Crippen LogP) is 2.59. The van der Waals surface area contributed by atoms with Crippen LogP contribution in [0.1, 0.15) is 29.3 Å². The van der Waals surface area contributed by atoms with Crippen LogP contribution in [0, 0.1) is 5.92 Å². The van der Waals surface area contributed by atoms with Gasteiger partial charge in [0.2, 0.25) is 0 Å². The summed E-state index contributed by atoms with van der Waals surface area (Å²) in [7, 11) is 0. The lowest BCUT2D eigenvalue weighted by Crippen LogP contribution is -2.38. The molecule has 2 aliphatic rings. The van der Waals surface area contributed by atoms with Crippen molar-refractivity contribution in [3.05, 3.63) is 64.8 Å². The Hall–Kier alpha value is -2.75. The van der Waals surface area contributed by atoms with E-state index < -0.39 is 17.5 Å². The van der Waals surface area contributed by atoms with Gasteiger partial charge in [0.25, 0.3) is 0 Å². The molecule has 0 saturated heterocycles. The van der Waals surface area contributed by atoms with E-state index >= 15 is 0 Å². The van der Waals surface area contributed by atoms with Gasteiger partial charge in [-0.1, -0.05) is 42.0 Å². The highest BCUT2D eigenvalue weighted by Crippen LogP contribution is 2.30. The summed E-state index contributed by atoms with van der Waals surface area (Å²) in [6, 6.07) is 5.03. The van der Waals surface area contributed by atoms with Crippen LogP contribution in [-0.2, 0) is 16.0 Å². The van der Waals surface area contributed by atoms with Crippen molar-refractivity contribution in [3.8, 4) is 0 Å². The lowest BCUT2D eigenvalue weighted by Gasteiger charge is -2.22. The van der Waals surface area contributed by atoms with Crippen molar-refractivity contribution in [1.29, 1.82) is 0 Å². The number of carbonyl (C=O) groups excluding carboxylic acids is 3. The minimum Gasteiger partial charge on any atom is -0.398 e. The van der Waals surface area contributed by atoms with E-state index in [0.717, 1.165) is 12.0 Å². The summed E-state index contributed by atoms with van der Waals surface area (Å²) >= 11 is 0. The van der Waals surface area contributed by atoms with E-state index in [1.807, 2.05) is 19.1 Å². The Balaban J connectivity index is 2.01. The lowest BCUT2D eigenvalue weighted by molar-refractivity contribution is -0.128. The number of allylic oxidation sites excluding steroid dienone is 6. The Labute approximate surface area is 134 Å². The van der Waals surface area contributed by atoms with Crippen LogP contribution in [0.25, 0.3) is 0 Å². The molecule has 2 N–H and O–H groups in total. The number of ketones is 3. The van der Waals surface area contributed by atoms with Crippen LogP contribution in [0.2, 0.25) is 0 Å². The Morgan fingerprint density at radius 1 is 1.22 bits per heavy atom. The Morgan fingerprint density at radius 2 is 2.00 bits per heavy atom. The molecule has 0 fully saturated rings. The van der Waals surface area contributed by atoms with Crippen molar-refractivity contribution in [2.45, 2.75) is 19.8 Å².